The smallest absolute Gasteiger partial charge is 0.254 e. The number of benzene rings is 2. The molecule has 5 heteroatoms. The molecule has 3 rings (SSSR count). The standard InChI is InChI=1S/C19H16ClFN2O/c1-2-17(12-5-7-14(20)8-6-12)23-19(24)16-11-15(21)10-13-4-3-9-22-18(13)16/h3-11,17H,2H2,1H3,(H,23,24). The molecule has 1 aromatic heterocycles. The molecule has 1 heterocycles. The molecule has 1 atom stereocenters. The van der Waals surface area contributed by atoms with Gasteiger partial charge in [0, 0.05) is 16.6 Å². The summed E-state index contributed by atoms with van der Waals surface area (Å²) < 4.78 is 13.8. The zero-order valence-corrected chi connectivity index (χ0v) is 13.8. The molecule has 122 valence electrons. The topological polar surface area (TPSA) is 42.0 Å². The van der Waals surface area contributed by atoms with Crippen molar-refractivity contribution in [3.8, 4) is 0 Å². The lowest BCUT2D eigenvalue weighted by atomic mass is 10.0. The summed E-state index contributed by atoms with van der Waals surface area (Å²) in [4.78, 5) is 16.9. The van der Waals surface area contributed by atoms with Crippen LogP contribution in [0.3, 0.4) is 0 Å². The molecule has 1 unspecified atom stereocenters. The van der Waals surface area contributed by atoms with E-state index in [4.69, 9.17) is 11.6 Å². The van der Waals surface area contributed by atoms with Gasteiger partial charge in [0.05, 0.1) is 17.1 Å². The van der Waals surface area contributed by atoms with E-state index >= 15 is 0 Å². The Morgan fingerprint density at radius 1 is 1.25 bits per heavy atom. The second-order valence-electron chi connectivity index (χ2n) is 5.51. The van der Waals surface area contributed by atoms with Crippen LogP contribution in [0.15, 0.2) is 54.7 Å². The molecule has 0 fully saturated rings. The summed E-state index contributed by atoms with van der Waals surface area (Å²) in [5, 5.41) is 4.19. The summed E-state index contributed by atoms with van der Waals surface area (Å²) in [6.45, 7) is 1.97. The number of carbonyl (C=O) groups excluding carboxylic acids is 1. The highest BCUT2D eigenvalue weighted by Crippen LogP contribution is 2.22. The van der Waals surface area contributed by atoms with Gasteiger partial charge in [0.1, 0.15) is 5.82 Å². The van der Waals surface area contributed by atoms with Gasteiger partial charge in [-0.25, -0.2) is 4.39 Å². The van der Waals surface area contributed by atoms with E-state index in [0.717, 1.165) is 5.56 Å². The van der Waals surface area contributed by atoms with E-state index < -0.39 is 5.82 Å². The first kappa shape index (κ1) is 16.4. The monoisotopic (exact) mass is 342 g/mol. The Bertz CT molecular complexity index is 880. The average Bonchev–Trinajstić information content (AvgIpc) is 2.59. The molecule has 0 radical (unpaired) electrons. The number of fused-ring (bicyclic) bond motifs is 1. The summed E-state index contributed by atoms with van der Waals surface area (Å²) in [5.74, 6) is -0.805. The second kappa shape index (κ2) is 6.97. The average molecular weight is 343 g/mol. The highest BCUT2D eigenvalue weighted by atomic mass is 35.5. The fraction of sp³-hybridized carbons (Fsp3) is 0.158. The normalized spacial score (nSPS) is 12.1. The van der Waals surface area contributed by atoms with Gasteiger partial charge in [-0.05, 0) is 42.3 Å². The number of rotatable bonds is 4. The van der Waals surface area contributed by atoms with Gasteiger partial charge in [-0.2, -0.15) is 0 Å². The van der Waals surface area contributed by atoms with Crippen molar-refractivity contribution in [3.63, 3.8) is 0 Å². The zero-order valence-electron chi connectivity index (χ0n) is 13.1. The molecule has 3 nitrogen and oxygen atoms in total. The Kier molecular flexibility index (Phi) is 4.76. The molecule has 1 amide bonds. The molecule has 0 saturated heterocycles. The van der Waals surface area contributed by atoms with Gasteiger partial charge in [-0.15, -0.1) is 0 Å². The third-order valence-corrected chi connectivity index (χ3v) is 4.15. The first-order valence-corrected chi connectivity index (χ1v) is 8.07. The molecule has 0 aliphatic heterocycles. The van der Waals surface area contributed by atoms with Crippen LogP contribution in [-0.4, -0.2) is 10.9 Å². The number of hydrogen-bond donors (Lipinski definition) is 1. The van der Waals surface area contributed by atoms with E-state index in [2.05, 4.69) is 10.3 Å². The Labute approximate surface area is 144 Å². The maximum Gasteiger partial charge on any atom is 0.254 e. The number of halogens is 2. The van der Waals surface area contributed by atoms with Gasteiger partial charge in [0.2, 0.25) is 0 Å². The lowest BCUT2D eigenvalue weighted by molar-refractivity contribution is 0.0936. The zero-order chi connectivity index (χ0) is 17.1. The third kappa shape index (κ3) is 3.39. The van der Waals surface area contributed by atoms with Gasteiger partial charge < -0.3 is 5.32 Å². The van der Waals surface area contributed by atoms with E-state index in [9.17, 15) is 9.18 Å². The number of pyridine rings is 1. The fourth-order valence-electron chi connectivity index (χ4n) is 2.68. The van der Waals surface area contributed by atoms with Crippen molar-refractivity contribution < 1.29 is 9.18 Å². The first-order chi connectivity index (χ1) is 11.6. The van der Waals surface area contributed by atoms with Crippen molar-refractivity contribution >= 4 is 28.4 Å². The predicted octanol–water partition coefficient (Wildman–Crippen LogP) is 4.91. The van der Waals surface area contributed by atoms with Crippen molar-refractivity contribution in [3.05, 3.63) is 76.7 Å². The minimum atomic E-state index is -0.458. The first-order valence-electron chi connectivity index (χ1n) is 7.69. The van der Waals surface area contributed by atoms with Gasteiger partial charge in [0.25, 0.3) is 5.91 Å². The largest absolute Gasteiger partial charge is 0.345 e. The lowest BCUT2D eigenvalue weighted by Gasteiger charge is -2.18. The highest BCUT2D eigenvalue weighted by molar-refractivity contribution is 6.30. The molecule has 1 N–H and O–H groups in total. The van der Waals surface area contributed by atoms with E-state index in [1.54, 1.807) is 30.5 Å². The van der Waals surface area contributed by atoms with Crippen molar-refractivity contribution in [2.75, 3.05) is 0 Å². The number of carbonyl (C=O) groups is 1. The minimum Gasteiger partial charge on any atom is -0.345 e. The van der Waals surface area contributed by atoms with Crippen LogP contribution in [0, 0.1) is 5.82 Å². The van der Waals surface area contributed by atoms with E-state index in [0.29, 0.717) is 22.3 Å². The van der Waals surface area contributed by atoms with Crippen LogP contribution in [0.2, 0.25) is 5.02 Å². The van der Waals surface area contributed by atoms with Crippen molar-refractivity contribution in [1.82, 2.24) is 10.3 Å². The van der Waals surface area contributed by atoms with Crippen LogP contribution in [0.5, 0.6) is 0 Å². The molecule has 0 bridgehead atoms. The number of aromatic nitrogens is 1. The summed E-state index contributed by atoms with van der Waals surface area (Å²) in [7, 11) is 0. The summed E-state index contributed by atoms with van der Waals surface area (Å²) in [5.41, 5.74) is 1.67. The Morgan fingerprint density at radius 3 is 2.71 bits per heavy atom. The predicted molar refractivity (Wildman–Crippen MR) is 93.7 cm³/mol. The molecule has 0 aliphatic rings. The number of hydrogen-bond acceptors (Lipinski definition) is 2. The van der Waals surface area contributed by atoms with E-state index in [1.807, 2.05) is 19.1 Å². The fourth-order valence-corrected chi connectivity index (χ4v) is 2.81. The molecular weight excluding hydrogens is 327 g/mol. The molecule has 24 heavy (non-hydrogen) atoms. The van der Waals surface area contributed by atoms with Crippen LogP contribution in [0.4, 0.5) is 4.39 Å². The molecule has 3 aromatic rings. The Morgan fingerprint density at radius 2 is 2.00 bits per heavy atom. The third-order valence-electron chi connectivity index (χ3n) is 3.90. The quantitative estimate of drug-likeness (QED) is 0.732. The molecular formula is C19H16ClFN2O. The molecule has 0 aliphatic carbocycles. The summed E-state index contributed by atoms with van der Waals surface area (Å²) in [6, 6.07) is 13.2. The summed E-state index contributed by atoms with van der Waals surface area (Å²) in [6.07, 6.45) is 2.29. The van der Waals surface area contributed by atoms with Crippen LogP contribution in [0.25, 0.3) is 10.9 Å². The molecule has 0 saturated carbocycles. The van der Waals surface area contributed by atoms with Crippen molar-refractivity contribution in [2.24, 2.45) is 0 Å². The van der Waals surface area contributed by atoms with Gasteiger partial charge in [-0.1, -0.05) is 36.7 Å². The van der Waals surface area contributed by atoms with E-state index in [-0.39, 0.29) is 17.5 Å². The second-order valence-corrected chi connectivity index (χ2v) is 5.95. The maximum absolute atomic E-state index is 13.8. The van der Waals surface area contributed by atoms with Crippen LogP contribution in [-0.2, 0) is 0 Å². The van der Waals surface area contributed by atoms with Crippen molar-refractivity contribution in [1.29, 1.82) is 0 Å². The minimum absolute atomic E-state index is 0.184. The number of nitrogens with one attached hydrogen (secondary N) is 1. The SMILES string of the molecule is CCC(NC(=O)c1cc(F)cc2cccnc12)c1ccc(Cl)cc1. The highest BCUT2D eigenvalue weighted by Gasteiger charge is 2.17. The van der Waals surface area contributed by atoms with Crippen LogP contribution in [0.1, 0.15) is 35.3 Å². The molecule has 2 aromatic carbocycles. The molecule has 0 spiro atoms. The van der Waals surface area contributed by atoms with Crippen LogP contribution >= 0.6 is 11.6 Å². The van der Waals surface area contributed by atoms with Gasteiger partial charge >= 0.3 is 0 Å². The maximum atomic E-state index is 13.8. The van der Waals surface area contributed by atoms with Crippen molar-refractivity contribution in [2.45, 2.75) is 19.4 Å². The number of amides is 1. The van der Waals surface area contributed by atoms with Gasteiger partial charge in [0.15, 0.2) is 0 Å². The summed E-state index contributed by atoms with van der Waals surface area (Å²) >= 11 is 5.91. The Hall–Kier alpha value is -2.46. The lowest BCUT2D eigenvalue weighted by Crippen LogP contribution is -2.28. The van der Waals surface area contributed by atoms with Gasteiger partial charge in [-0.3, -0.25) is 9.78 Å². The number of nitrogens with zero attached hydrogens (tertiary/aromatic N) is 1. The Balaban J connectivity index is 1.93. The van der Waals surface area contributed by atoms with E-state index in [1.165, 1.54) is 12.1 Å². The van der Waals surface area contributed by atoms with Crippen LogP contribution < -0.4 is 5.32 Å².